The quantitative estimate of drug-likeness (QED) is 0.814. The van der Waals surface area contributed by atoms with E-state index in [2.05, 4.69) is 5.32 Å². The molecule has 2 rings (SSSR count). The fourth-order valence-corrected chi connectivity index (χ4v) is 2.18. The lowest BCUT2D eigenvalue weighted by Gasteiger charge is -2.11. The van der Waals surface area contributed by atoms with Crippen LogP contribution >= 0.6 is 0 Å². The lowest BCUT2D eigenvalue weighted by Crippen LogP contribution is -2.28. The van der Waals surface area contributed by atoms with Gasteiger partial charge in [-0.1, -0.05) is 36.4 Å². The third-order valence-electron chi connectivity index (χ3n) is 3.42. The number of carbonyl (C=O) groups is 1. The Balaban J connectivity index is 1.82. The minimum atomic E-state index is -0.141. The molecule has 1 amide bonds. The van der Waals surface area contributed by atoms with Gasteiger partial charge in [-0.15, -0.1) is 0 Å². The first-order valence-electron chi connectivity index (χ1n) is 7.79. The van der Waals surface area contributed by atoms with E-state index in [1.54, 1.807) is 0 Å². The van der Waals surface area contributed by atoms with E-state index >= 15 is 0 Å². The Morgan fingerprint density at radius 3 is 2.61 bits per heavy atom. The fourth-order valence-electron chi connectivity index (χ4n) is 2.18. The second-order valence-corrected chi connectivity index (χ2v) is 5.29. The van der Waals surface area contributed by atoms with Crippen LogP contribution in [0.1, 0.15) is 23.6 Å². The summed E-state index contributed by atoms with van der Waals surface area (Å²) in [7, 11) is 0. The molecule has 0 aliphatic heterocycles. The number of nitrogens with one attached hydrogen (secondary N) is 1. The molecule has 4 heteroatoms. The molecule has 0 heterocycles. The van der Waals surface area contributed by atoms with Gasteiger partial charge in [0.25, 0.3) is 5.91 Å². The van der Waals surface area contributed by atoms with Crippen LogP contribution in [0, 0.1) is 6.92 Å². The van der Waals surface area contributed by atoms with Gasteiger partial charge >= 0.3 is 0 Å². The number of ether oxygens (including phenoxy) is 2. The van der Waals surface area contributed by atoms with Crippen molar-refractivity contribution in [3.63, 3.8) is 0 Å². The largest absolute Gasteiger partial charge is 0.484 e. The van der Waals surface area contributed by atoms with Gasteiger partial charge in [-0.2, -0.15) is 0 Å². The third-order valence-corrected chi connectivity index (χ3v) is 3.42. The molecular weight excluding hydrogens is 290 g/mol. The maximum Gasteiger partial charge on any atom is 0.258 e. The molecule has 0 radical (unpaired) electrons. The summed E-state index contributed by atoms with van der Waals surface area (Å²) in [5, 5.41) is 2.88. The summed E-state index contributed by atoms with van der Waals surface area (Å²) < 4.78 is 10.9. The summed E-state index contributed by atoms with van der Waals surface area (Å²) >= 11 is 0. The van der Waals surface area contributed by atoms with E-state index in [0.717, 1.165) is 16.7 Å². The second kappa shape index (κ2) is 8.96. The average molecular weight is 313 g/mol. The Labute approximate surface area is 137 Å². The number of aryl methyl sites for hydroxylation is 1. The lowest BCUT2D eigenvalue weighted by atomic mass is 10.1. The van der Waals surface area contributed by atoms with Crippen LogP contribution in [0.25, 0.3) is 0 Å². The topological polar surface area (TPSA) is 47.6 Å². The van der Waals surface area contributed by atoms with Gasteiger partial charge in [0.15, 0.2) is 6.61 Å². The van der Waals surface area contributed by atoms with E-state index in [-0.39, 0.29) is 12.5 Å². The van der Waals surface area contributed by atoms with Gasteiger partial charge in [0.2, 0.25) is 0 Å². The molecule has 23 heavy (non-hydrogen) atoms. The number of benzene rings is 2. The predicted octanol–water partition coefficient (Wildman–Crippen LogP) is 3.23. The minimum Gasteiger partial charge on any atom is -0.484 e. The molecule has 0 aromatic heterocycles. The normalized spacial score (nSPS) is 10.3. The molecule has 0 fully saturated rings. The molecule has 0 bridgehead atoms. The molecular formula is C19H23NO3. The zero-order valence-corrected chi connectivity index (χ0v) is 13.7. The molecule has 0 atom stereocenters. The molecule has 4 nitrogen and oxygen atoms in total. The van der Waals surface area contributed by atoms with Crippen molar-refractivity contribution in [2.75, 3.05) is 13.2 Å². The predicted molar refractivity (Wildman–Crippen MR) is 90.3 cm³/mol. The highest BCUT2D eigenvalue weighted by Crippen LogP contribution is 2.12. The van der Waals surface area contributed by atoms with E-state index in [9.17, 15) is 4.79 Å². The molecule has 0 aliphatic carbocycles. The van der Waals surface area contributed by atoms with Crippen molar-refractivity contribution >= 4 is 5.91 Å². The van der Waals surface area contributed by atoms with Crippen molar-refractivity contribution in [3.8, 4) is 5.75 Å². The first-order valence-corrected chi connectivity index (χ1v) is 7.79. The molecule has 1 N–H and O–H groups in total. The van der Waals surface area contributed by atoms with Gasteiger partial charge in [-0.3, -0.25) is 4.79 Å². The van der Waals surface area contributed by atoms with Gasteiger partial charge in [0.05, 0.1) is 6.61 Å². The van der Waals surface area contributed by atoms with Gasteiger partial charge in [-0.05, 0) is 42.7 Å². The number of hydrogen-bond acceptors (Lipinski definition) is 3. The lowest BCUT2D eigenvalue weighted by molar-refractivity contribution is -0.123. The molecule has 0 spiro atoms. The number of hydrogen-bond donors (Lipinski definition) is 1. The van der Waals surface area contributed by atoms with Crippen LogP contribution in [-0.2, 0) is 22.7 Å². The molecule has 2 aromatic rings. The van der Waals surface area contributed by atoms with E-state index in [1.165, 1.54) is 0 Å². The Bertz CT molecular complexity index is 640. The first kappa shape index (κ1) is 17.0. The van der Waals surface area contributed by atoms with Crippen LogP contribution in [0.3, 0.4) is 0 Å². The average Bonchev–Trinajstić information content (AvgIpc) is 2.57. The monoisotopic (exact) mass is 313 g/mol. The second-order valence-electron chi connectivity index (χ2n) is 5.29. The van der Waals surface area contributed by atoms with E-state index in [4.69, 9.17) is 9.47 Å². The smallest absolute Gasteiger partial charge is 0.258 e. The maximum atomic E-state index is 11.9. The van der Waals surface area contributed by atoms with E-state index in [1.807, 2.05) is 62.4 Å². The maximum absolute atomic E-state index is 11.9. The van der Waals surface area contributed by atoms with Gasteiger partial charge in [0.1, 0.15) is 5.75 Å². The molecule has 0 saturated heterocycles. The Hall–Kier alpha value is -2.33. The van der Waals surface area contributed by atoms with E-state index < -0.39 is 0 Å². The van der Waals surface area contributed by atoms with E-state index in [0.29, 0.717) is 25.5 Å². The van der Waals surface area contributed by atoms with Crippen molar-refractivity contribution in [1.82, 2.24) is 5.32 Å². The number of rotatable bonds is 8. The van der Waals surface area contributed by atoms with Crippen LogP contribution in [-0.4, -0.2) is 19.1 Å². The summed E-state index contributed by atoms with van der Waals surface area (Å²) in [6, 6.07) is 15.6. The summed E-state index contributed by atoms with van der Waals surface area (Å²) in [6.07, 6.45) is 0. The van der Waals surface area contributed by atoms with Crippen molar-refractivity contribution in [2.45, 2.75) is 27.0 Å². The van der Waals surface area contributed by atoms with Crippen LogP contribution in [0.2, 0.25) is 0 Å². The fraction of sp³-hybridized carbons (Fsp3) is 0.316. The third kappa shape index (κ3) is 5.75. The molecule has 0 aliphatic rings. The standard InChI is InChI=1S/C19H23NO3/c1-3-22-13-17-9-5-4-8-16(17)12-20-19(21)14-23-18-10-6-7-15(2)11-18/h4-11H,3,12-14H2,1-2H3,(H,20,21). The highest BCUT2D eigenvalue weighted by atomic mass is 16.5. The Morgan fingerprint density at radius 1 is 1.09 bits per heavy atom. The van der Waals surface area contributed by atoms with Crippen molar-refractivity contribution in [2.24, 2.45) is 0 Å². The minimum absolute atomic E-state index is 0.0110. The zero-order chi connectivity index (χ0) is 16.5. The molecule has 0 unspecified atom stereocenters. The Kier molecular flexibility index (Phi) is 6.63. The molecule has 2 aromatic carbocycles. The zero-order valence-electron chi connectivity index (χ0n) is 13.7. The SMILES string of the molecule is CCOCc1ccccc1CNC(=O)COc1cccc(C)c1. The Morgan fingerprint density at radius 2 is 1.87 bits per heavy atom. The van der Waals surface area contributed by atoms with Gasteiger partial charge in [-0.25, -0.2) is 0 Å². The first-order chi connectivity index (χ1) is 11.2. The summed E-state index contributed by atoms with van der Waals surface area (Å²) in [5.41, 5.74) is 3.26. The van der Waals surface area contributed by atoms with Crippen molar-refractivity contribution < 1.29 is 14.3 Å². The molecule has 122 valence electrons. The van der Waals surface area contributed by atoms with Crippen LogP contribution in [0.15, 0.2) is 48.5 Å². The summed E-state index contributed by atoms with van der Waals surface area (Å²) in [5.74, 6) is 0.564. The number of carbonyl (C=O) groups excluding carboxylic acids is 1. The summed E-state index contributed by atoms with van der Waals surface area (Å²) in [4.78, 5) is 11.9. The highest BCUT2D eigenvalue weighted by molar-refractivity contribution is 5.77. The van der Waals surface area contributed by atoms with Crippen molar-refractivity contribution in [1.29, 1.82) is 0 Å². The number of amides is 1. The van der Waals surface area contributed by atoms with Gasteiger partial charge in [0, 0.05) is 13.2 Å². The van der Waals surface area contributed by atoms with Crippen LogP contribution in [0.5, 0.6) is 5.75 Å². The van der Waals surface area contributed by atoms with Gasteiger partial charge < -0.3 is 14.8 Å². The molecule has 0 saturated carbocycles. The van der Waals surface area contributed by atoms with Crippen LogP contribution < -0.4 is 10.1 Å². The summed E-state index contributed by atoms with van der Waals surface area (Å²) in [6.45, 7) is 5.67. The highest BCUT2D eigenvalue weighted by Gasteiger charge is 2.06. The van der Waals surface area contributed by atoms with Crippen LogP contribution in [0.4, 0.5) is 0 Å². The van der Waals surface area contributed by atoms with Crippen molar-refractivity contribution in [3.05, 3.63) is 65.2 Å².